The number of fused-ring (bicyclic) bond motifs is 1. The minimum atomic E-state index is -0.482. The van der Waals surface area contributed by atoms with Crippen LogP contribution in [-0.2, 0) is 11.3 Å². The van der Waals surface area contributed by atoms with Crippen LogP contribution in [0.2, 0.25) is 0 Å². The van der Waals surface area contributed by atoms with Crippen LogP contribution >= 0.6 is 11.8 Å². The van der Waals surface area contributed by atoms with Gasteiger partial charge in [-0.25, -0.2) is 9.78 Å². The fourth-order valence-corrected chi connectivity index (χ4v) is 3.01. The van der Waals surface area contributed by atoms with Crippen LogP contribution in [0.3, 0.4) is 0 Å². The summed E-state index contributed by atoms with van der Waals surface area (Å²) in [7, 11) is 0. The van der Waals surface area contributed by atoms with Crippen LogP contribution in [0.1, 0.15) is 13.8 Å². The summed E-state index contributed by atoms with van der Waals surface area (Å²) in [6.07, 6.45) is 1.79. The number of imidazole rings is 1. The second-order valence-corrected chi connectivity index (χ2v) is 6.20. The molecule has 0 fully saturated rings. The number of nitrogens with zero attached hydrogens (tertiary/aromatic N) is 2. The van der Waals surface area contributed by atoms with E-state index in [4.69, 9.17) is 0 Å². The summed E-state index contributed by atoms with van der Waals surface area (Å²) in [6.45, 7) is 8.38. The highest BCUT2D eigenvalue weighted by atomic mass is 32.2. The molecule has 0 unspecified atom stereocenters. The topological polar surface area (TPSA) is 76.0 Å². The molecule has 0 aliphatic rings. The Kier molecular flexibility index (Phi) is 5.81. The van der Waals surface area contributed by atoms with Gasteiger partial charge >= 0.3 is 6.03 Å². The van der Waals surface area contributed by atoms with E-state index in [2.05, 4.69) is 22.2 Å². The summed E-state index contributed by atoms with van der Waals surface area (Å²) in [6, 6.07) is 7.30. The van der Waals surface area contributed by atoms with Crippen molar-refractivity contribution in [3.63, 3.8) is 0 Å². The van der Waals surface area contributed by atoms with Crippen LogP contribution in [0.15, 0.2) is 42.1 Å². The van der Waals surface area contributed by atoms with E-state index in [-0.39, 0.29) is 5.91 Å². The first-order valence-electron chi connectivity index (χ1n) is 7.38. The van der Waals surface area contributed by atoms with E-state index in [1.807, 2.05) is 28.8 Å². The number of thioether (sulfide) groups is 1. The van der Waals surface area contributed by atoms with E-state index in [1.54, 1.807) is 19.9 Å². The molecule has 2 rings (SSSR count). The van der Waals surface area contributed by atoms with Crippen molar-refractivity contribution in [1.82, 2.24) is 20.2 Å². The van der Waals surface area contributed by atoms with Crippen LogP contribution in [-0.4, -0.2) is 33.3 Å². The Labute approximate surface area is 139 Å². The van der Waals surface area contributed by atoms with E-state index >= 15 is 0 Å². The Bertz CT molecular complexity index is 726. The SMILES string of the molecule is C=CCn1c(S[C@@H](C)C(=O)NC(=O)NCC)nc2ccccc21. The lowest BCUT2D eigenvalue weighted by Crippen LogP contribution is -2.42. The fourth-order valence-electron chi connectivity index (χ4n) is 2.08. The van der Waals surface area contributed by atoms with Crippen molar-refractivity contribution >= 4 is 34.7 Å². The molecule has 122 valence electrons. The summed E-state index contributed by atoms with van der Waals surface area (Å²) >= 11 is 1.32. The van der Waals surface area contributed by atoms with E-state index in [0.29, 0.717) is 13.1 Å². The van der Waals surface area contributed by atoms with Gasteiger partial charge in [0.1, 0.15) is 0 Å². The van der Waals surface area contributed by atoms with Gasteiger partial charge in [0, 0.05) is 13.1 Å². The van der Waals surface area contributed by atoms with Crippen molar-refractivity contribution in [2.24, 2.45) is 0 Å². The molecule has 6 nitrogen and oxygen atoms in total. The van der Waals surface area contributed by atoms with Crippen LogP contribution < -0.4 is 10.6 Å². The van der Waals surface area contributed by atoms with Gasteiger partial charge < -0.3 is 9.88 Å². The van der Waals surface area contributed by atoms with E-state index < -0.39 is 11.3 Å². The molecule has 1 heterocycles. The van der Waals surface area contributed by atoms with Crippen LogP contribution in [0.5, 0.6) is 0 Å². The van der Waals surface area contributed by atoms with Gasteiger partial charge in [-0.3, -0.25) is 10.1 Å². The lowest BCUT2D eigenvalue weighted by molar-refractivity contribution is -0.119. The molecule has 1 aromatic carbocycles. The predicted octanol–water partition coefficient (Wildman–Crippen LogP) is 2.55. The van der Waals surface area contributed by atoms with Gasteiger partial charge in [-0.2, -0.15) is 0 Å². The number of para-hydroxylation sites is 2. The molecular weight excluding hydrogens is 312 g/mol. The number of nitrogens with one attached hydrogen (secondary N) is 2. The zero-order valence-electron chi connectivity index (χ0n) is 13.2. The Morgan fingerprint density at radius 3 is 2.87 bits per heavy atom. The van der Waals surface area contributed by atoms with Gasteiger partial charge in [-0.15, -0.1) is 6.58 Å². The number of aromatic nitrogens is 2. The van der Waals surface area contributed by atoms with Crippen molar-refractivity contribution in [3.8, 4) is 0 Å². The Morgan fingerprint density at radius 2 is 2.17 bits per heavy atom. The Balaban J connectivity index is 2.17. The molecule has 2 N–H and O–H groups in total. The maximum absolute atomic E-state index is 12.1. The van der Waals surface area contributed by atoms with Gasteiger partial charge in [0.15, 0.2) is 5.16 Å². The minimum absolute atomic E-state index is 0.349. The fraction of sp³-hybridized carbons (Fsp3) is 0.312. The number of hydrogen-bond donors (Lipinski definition) is 2. The predicted molar refractivity (Wildman–Crippen MR) is 92.5 cm³/mol. The van der Waals surface area contributed by atoms with E-state index in [0.717, 1.165) is 16.2 Å². The van der Waals surface area contributed by atoms with Crippen molar-refractivity contribution in [1.29, 1.82) is 0 Å². The Morgan fingerprint density at radius 1 is 1.43 bits per heavy atom. The number of imide groups is 1. The number of urea groups is 1. The van der Waals surface area contributed by atoms with Gasteiger partial charge in [0.2, 0.25) is 5.91 Å². The molecule has 0 saturated carbocycles. The van der Waals surface area contributed by atoms with Crippen LogP contribution in [0.25, 0.3) is 11.0 Å². The normalized spacial score (nSPS) is 11.9. The van der Waals surface area contributed by atoms with E-state index in [1.165, 1.54) is 11.8 Å². The first-order chi connectivity index (χ1) is 11.1. The first kappa shape index (κ1) is 17.1. The largest absolute Gasteiger partial charge is 0.338 e. The molecule has 0 aliphatic heterocycles. The van der Waals surface area contributed by atoms with Crippen LogP contribution in [0.4, 0.5) is 4.79 Å². The van der Waals surface area contributed by atoms with Gasteiger partial charge in [-0.1, -0.05) is 30.0 Å². The quantitative estimate of drug-likeness (QED) is 0.630. The second kappa shape index (κ2) is 7.82. The number of hydrogen-bond acceptors (Lipinski definition) is 4. The molecule has 3 amide bonds. The summed E-state index contributed by atoms with van der Waals surface area (Å²) in [5.74, 6) is -0.349. The molecule has 0 spiro atoms. The lowest BCUT2D eigenvalue weighted by Gasteiger charge is -2.12. The van der Waals surface area contributed by atoms with Crippen molar-refractivity contribution in [3.05, 3.63) is 36.9 Å². The monoisotopic (exact) mass is 332 g/mol. The zero-order chi connectivity index (χ0) is 16.8. The molecule has 1 aromatic heterocycles. The maximum atomic E-state index is 12.1. The highest BCUT2D eigenvalue weighted by Gasteiger charge is 2.20. The maximum Gasteiger partial charge on any atom is 0.321 e. The number of benzene rings is 1. The highest BCUT2D eigenvalue weighted by Crippen LogP contribution is 2.27. The molecule has 0 bridgehead atoms. The smallest absolute Gasteiger partial charge is 0.321 e. The zero-order valence-corrected chi connectivity index (χ0v) is 14.0. The van der Waals surface area contributed by atoms with Crippen LogP contribution in [0, 0.1) is 0 Å². The average molecular weight is 332 g/mol. The average Bonchev–Trinajstić information content (AvgIpc) is 2.85. The van der Waals surface area contributed by atoms with Crippen molar-refractivity contribution in [2.45, 2.75) is 30.8 Å². The molecule has 1 atom stereocenters. The lowest BCUT2D eigenvalue weighted by atomic mass is 10.3. The van der Waals surface area contributed by atoms with Gasteiger partial charge in [0.05, 0.1) is 16.3 Å². The summed E-state index contributed by atoms with van der Waals surface area (Å²) in [5.41, 5.74) is 1.86. The molecule has 0 aliphatic carbocycles. The number of carbonyl (C=O) groups is 2. The Hall–Kier alpha value is -2.28. The third kappa shape index (κ3) is 4.13. The number of amides is 3. The molecule has 23 heavy (non-hydrogen) atoms. The third-order valence-electron chi connectivity index (χ3n) is 3.16. The third-order valence-corrected chi connectivity index (χ3v) is 4.25. The first-order valence-corrected chi connectivity index (χ1v) is 8.26. The molecule has 0 radical (unpaired) electrons. The minimum Gasteiger partial charge on any atom is -0.338 e. The number of rotatable bonds is 6. The summed E-state index contributed by atoms with van der Waals surface area (Å²) in [5, 5.41) is 5.13. The van der Waals surface area contributed by atoms with E-state index in [9.17, 15) is 9.59 Å². The molecule has 2 aromatic rings. The van der Waals surface area contributed by atoms with Gasteiger partial charge in [0.25, 0.3) is 0 Å². The molecule has 0 saturated heterocycles. The molecular formula is C16H20N4O2S. The summed E-state index contributed by atoms with van der Waals surface area (Å²) in [4.78, 5) is 28.1. The van der Waals surface area contributed by atoms with Crippen molar-refractivity contribution in [2.75, 3.05) is 6.54 Å². The highest BCUT2D eigenvalue weighted by molar-refractivity contribution is 8.00. The number of carbonyl (C=O) groups excluding carboxylic acids is 2. The number of allylic oxidation sites excluding steroid dienone is 1. The molecule has 7 heteroatoms. The second-order valence-electron chi connectivity index (χ2n) is 4.89. The standard InChI is InChI=1S/C16H20N4O2S/c1-4-10-20-13-9-7-6-8-12(13)18-16(20)23-11(3)14(21)19-15(22)17-5-2/h4,6-9,11H,1,5,10H2,2-3H3,(H2,17,19,21,22)/t11-/m0/s1. The van der Waals surface area contributed by atoms with Crippen molar-refractivity contribution < 1.29 is 9.59 Å². The summed E-state index contributed by atoms with van der Waals surface area (Å²) < 4.78 is 2.00. The van der Waals surface area contributed by atoms with Gasteiger partial charge in [-0.05, 0) is 26.0 Å².